The van der Waals surface area contributed by atoms with Crippen molar-refractivity contribution < 1.29 is 9.59 Å². The van der Waals surface area contributed by atoms with E-state index in [0.717, 1.165) is 38.9 Å². The molecule has 3 aliphatic heterocycles. The fourth-order valence-electron chi connectivity index (χ4n) is 5.29. The minimum Gasteiger partial charge on any atom is -0.383 e. The van der Waals surface area contributed by atoms with E-state index in [0.29, 0.717) is 59.8 Å². The molecule has 0 bridgehead atoms. The number of likely N-dealkylation sites (tertiary alicyclic amines) is 1. The Balaban J connectivity index is 1.23. The number of piperazine rings is 1. The Kier molecular flexibility index (Phi) is 7.05. The Bertz CT molecular complexity index is 1170. The average Bonchev–Trinajstić information content (AvgIpc) is 2.88. The van der Waals surface area contributed by atoms with E-state index < -0.39 is 0 Å². The van der Waals surface area contributed by atoms with E-state index >= 15 is 0 Å². The van der Waals surface area contributed by atoms with Crippen LogP contribution in [0.2, 0.25) is 10.3 Å². The van der Waals surface area contributed by atoms with E-state index in [4.69, 9.17) is 28.9 Å². The molecule has 2 saturated heterocycles. The Morgan fingerprint density at radius 2 is 1.92 bits per heavy atom. The van der Waals surface area contributed by atoms with Crippen molar-refractivity contribution in [1.29, 1.82) is 0 Å². The van der Waals surface area contributed by atoms with Gasteiger partial charge in [0.2, 0.25) is 0 Å². The van der Waals surface area contributed by atoms with Crippen LogP contribution in [0.3, 0.4) is 0 Å². The lowest BCUT2D eigenvalue weighted by molar-refractivity contribution is 0.0491. The summed E-state index contributed by atoms with van der Waals surface area (Å²) in [6.07, 6.45) is 2.75. The van der Waals surface area contributed by atoms with E-state index in [1.165, 1.54) is 0 Å². The fourth-order valence-corrected chi connectivity index (χ4v) is 5.70. The van der Waals surface area contributed by atoms with Crippen molar-refractivity contribution >= 4 is 52.6 Å². The normalized spacial score (nSPS) is 21.1. The molecule has 0 saturated carbocycles. The van der Waals surface area contributed by atoms with Crippen LogP contribution in [0.1, 0.15) is 42.2 Å². The van der Waals surface area contributed by atoms with E-state index in [-0.39, 0.29) is 22.9 Å². The molecule has 0 aliphatic carbocycles. The van der Waals surface area contributed by atoms with E-state index in [1.807, 2.05) is 4.90 Å². The number of piperidine rings is 1. The summed E-state index contributed by atoms with van der Waals surface area (Å²) < 4.78 is 0. The van der Waals surface area contributed by atoms with E-state index in [1.54, 1.807) is 12.1 Å². The van der Waals surface area contributed by atoms with Crippen molar-refractivity contribution in [2.45, 2.75) is 44.8 Å². The number of rotatable bonds is 4. The number of nitrogens with one attached hydrogen (secondary N) is 2. The monoisotopic (exact) mass is 533 g/mol. The van der Waals surface area contributed by atoms with Gasteiger partial charge in [-0.05, 0) is 31.4 Å². The first kappa shape index (κ1) is 24.8. The molecule has 0 spiro atoms. The Morgan fingerprint density at radius 1 is 1.14 bits per heavy atom. The van der Waals surface area contributed by atoms with Crippen LogP contribution >= 0.6 is 23.2 Å². The summed E-state index contributed by atoms with van der Waals surface area (Å²) in [7, 11) is 0. The lowest BCUT2D eigenvalue weighted by atomic mass is 9.97. The topological polar surface area (TPSA) is 133 Å². The van der Waals surface area contributed by atoms with E-state index in [2.05, 4.69) is 42.3 Å². The number of nitrogen functional groups attached to an aromatic ring is 1. The maximum atomic E-state index is 13.0. The zero-order chi connectivity index (χ0) is 25.4. The number of hydrogen-bond acceptors (Lipinski definition) is 8. The fraction of sp³-hybridized carbons (Fsp3) is 0.522. The average molecular weight is 534 g/mol. The maximum absolute atomic E-state index is 13.0. The summed E-state index contributed by atoms with van der Waals surface area (Å²) in [4.78, 5) is 44.3. The number of nitrogens with two attached hydrogens (primary N) is 1. The van der Waals surface area contributed by atoms with Gasteiger partial charge in [-0.1, -0.05) is 30.1 Å². The van der Waals surface area contributed by atoms with Crippen molar-refractivity contribution in [1.82, 2.24) is 30.1 Å². The lowest BCUT2D eigenvalue weighted by Crippen LogP contribution is -2.59. The highest BCUT2D eigenvalue weighted by atomic mass is 35.5. The van der Waals surface area contributed by atoms with Crippen LogP contribution in [0.5, 0.6) is 0 Å². The number of nitrogens with zero attached hydrogens (tertiary/aromatic N) is 6. The van der Waals surface area contributed by atoms with Crippen LogP contribution < -0.4 is 21.3 Å². The quantitative estimate of drug-likeness (QED) is 0.510. The smallest absolute Gasteiger partial charge is 0.320 e. The number of aromatic nitrogens is 3. The minimum absolute atomic E-state index is 0.102. The third kappa shape index (κ3) is 4.87. The van der Waals surface area contributed by atoms with Gasteiger partial charge in [0.05, 0.1) is 12.1 Å². The molecule has 13 heteroatoms. The van der Waals surface area contributed by atoms with Crippen molar-refractivity contribution in [2.24, 2.45) is 0 Å². The number of fused-ring (bicyclic) bond motifs is 1. The predicted octanol–water partition coefficient (Wildman–Crippen LogP) is 2.60. The third-order valence-corrected chi connectivity index (χ3v) is 7.66. The second-order valence-corrected chi connectivity index (χ2v) is 10.0. The second-order valence-electron chi connectivity index (χ2n) is 9.28. The van der Waals surface area contributed by atoms with Gasteiger partial charge in [-0.2, -0.15) is 0 Å². The molecule has 2 aromatic rings. The van der Waals surface area contributed by atoms with Gasteiger partial charge in [0.25, 0.3) is 5.91 Å². The van der Waals surface area contributed by atoms with Gasteiger partial charge < -0.3 is 20.9 Å². The van der Waals surface area contributed by atoms with Crippen LogP contribution in [-0.4, -0.2) is 81.5 Å². The van der Waals surface area contributed by atoms with Gasteiger partial charge in [0, 0.05) is 44.8 Å². The van der Waals surface area contributed by atoms with Gasteiger partial charge in [-0.15, -0.1) is 0 Å². The number of urea groups is 1. The zero-order valence-corrected chi connectivity index (χ0v) is 21.5. The molecule has 4 N–H and O–H groups in total. The molecule has 192 valence electrons. The highest BCUT2D eigenvalue weighted by Gasteiger charge is 2.35. The second kappa shape index (κ2) is 10.2. The van der Waals surface area contributed by atoms with E-state index in [9.17, 15) is 9.59 Å². The van der Waals surface area contributed by atoms with Crippen molar-refractivity contribution in [2.75, 3.05) is 48.7 Å². The number of amides is 3. The highest BCUT2D eigenvalue weighted by molar-refractivity contribution is 6.31. The van der Waals surface area contributed by atoms with Gasteiger partial charge in [0.1, 0.15) is 16.7 Å². The van der Waals surface area contributed by atoms with Gasteiger partial charge in [0.15, 0.2) is 16.8 Å². The van der Waals surface area contributed by atoms with Crippen molar-refractivity contribution in [3.8, 4) is 0 Å². The molecular weight excluding hydrogens is 505 g/mol. The molecule has 5 heterocycles. The van der Waals surface area contributed by atoms with Crippen molar-refractivity contribution in [3.05, 3.63) is 33.7 Å². The number of hydrogen-bond donors (Lipinski definition) is 3. The lowest BCUT2D eigenvalue weighted by Gasteiger charge is -2.47. The molecule has 11 nitrogen and oxygen atoms in total. The van der Waals surface area contributed by atoms with Crippen LogP contribution in [-0.2, 0) is 6.54 Å². The summed E-state index contributed by atoms with van der Waals surface area (Å²) >= 11 is 12.4. The molecule has 0 unspecified atom stereocenters. The van der Waals surface area contributed by atoms with Gasteiger partial charge >= 0.3 is 6.03 Å². The van der Waals surface area contributed by atoms with Crippen LogP contribution in [0.25, 0.3) is 0 Å². The predicted molar refractivity (Wildman–Crippen MR) is 138 cm³/mol. The van der Waals surface area contributed by atoms with Crippen LogP contribution in [0.4, 0.5) is 22.2 Å². The molecule has 3 aliphatic rings. The molecular formula is C23H29Cl2N9O2. The molecule has 2 aromatic heterocycles. The third-order valence-electron chi connectivity index (χ3n) is 7.20. The van der Waals surface area contributed by atoms with Crippen LogP contribution in [0, 0.1) is 0 Å². The summed E-state index contributed by atoms with van der Waals surface area (Å²) in [6.45, 7) is 6.19. The molecule has 3 amide bonds. The summed E-state index contributed by atoms with van der Waals surface area (Å²) in [6, 6.07) is 3.64. The number of pyridine rings is 1. The molecule has 1 atom stereocenters. The maximum Gasteiger partial charge on any atom is 0.320 e. The number of carbonyl (C=O) groups excluding carboxylic acids is 2. The van der Waals surface area contributed by atoms with Gasteiger partial charge in [-0.25, -0.2) is 19.7 Å². The minimum atomic E-state index is -0.291. The summed E-state index contributed by atoms with van der Waals surface area (Å²) in [5, 5.41) is 6.01. The van der Waals surface area contributed by atoms with Crippen LogP contribution in [0.15, 0.2) is 12.1 Å². The van der Waals surface area contributed by atoms with Gasteiger partial charge in [-0.3, -0.25) is 15.0 Å². The Hall–Kier alpha value is -2.89. The highest BCUT2D eigenvalue weighted by Crippen LogP contribution is 2.31. The first-order chi connectivity index (χ1) is 17.3. The molecule has 36 heavy (non-hydrogen) atoms. The zero-order valence-electron chi connectivity index (χ0n) is 20.0. The molecule has 0 radical (unpaired) electrons. The first-order valence-corrected chi connectivity index (χ1v) is 12.9. The molecule has 2 fully saturated rings. The van der Waals surface area contributed by atoms with Crippen molar-refractivity contribution in [3.63, 3.8) is 0 Å². The number of halogens is 2. The number of anilines is 3. The summed E-state index contributed by atoms with van der Waals surface area (Å²) in [5.41, 5.74) is 6.95. The summed E-state index contributed by atoms with van der Waals surface area (Å²) in [5.74, 6) is 1.12. The number of carbonyl (C=O) groups is 2. The molecule has 5 rings (SSSR count). The Labute approximate surface area is 219 Å². The first-order valence-electron chi connectivity index (χ1n) is 12.2. The molecule has 0 aromatic carbocycles. The standard InChI is InChI=1S/C23H29Cl2N9O2/c1-2-13-12-33(21-18(25)28-16-11-27-23(36)31-20(16)30-21)9-10-34(13)14-5-7-32(8-6-14)22(35)15-3-4-17(24)29-19(15)26/h3-4,13-14H,2,5-12H2,1H3,(H2,26,29)(H2,27,30,31,36)/t13-/m0/s1. The SMILES string of the molecule is CC[C@H]1CN(c2nc3c(nc2Cl)CNC(=O)N3)CCN1C1CCN(C(=O)c2ccc(Cl)nc2N)CC1. The largest absolute Gasteiger partial charge is 0.383 e. The Morgan fingerprint density at radius 3 is 2.64 bits per heavy atom.